The zero-order chi connectivity index (χ0) is 32.1. The minimum Gasteiger partial charge on any atom is -0.308 e. The van der Waals surface area contributed by atoms with Crippen LogP contribution in [0, 0.1) is 0 Å². The molecule has 5 heterocycles. The highest BCUT2D eigenvalue weighted by Crippen LogP contribution is 2.54. The van der Waals surface area contributed by atoms with Gasteiger partial charge < -0.3 is 9.47 Å². The lowest BCUT2D eigenvalue weighted by molar-refractivity contribution is 1.05. The number of nitrogens with zero attached hydrogens (tertiary/aromatic N) is 5. The van der Waals surface area contributed by atoms with E-state index < -0.39 is 0 Å². The van der Waals surface area contributed by atoms with Crippen molar-refractivity contribution in [3.63, 3.8) is 0 Å². The second kappa shape index (κ2) is 9.89. The maximum atomic E-state index is 5.17. The molecule has 0 aliphatic carbocycles. The molecule has 49 heavy (non-hydrogen) atoms. The van der Waals surface area contributed by atoms with E-state index in [1.807, 2.05) is 24.7 Å². The highest BCUT2D eigenvalue weighted by Gasteiger charge is 2.30. The third-order valence-corrected chi connectivity index (χ3v) is 10.2. The van der Waals surface area contributed by atoms with Crippen LogP contribution < -0.4 is 4.90 Å². The molecule has 0 fully saturated rings. The van der Waals surface area contributed by atoms with Crippen molar-refractivity contribution in [3.05, 3.63) is 164 Å². The number of anilines is 3. The molecule has 1 aliphatic heterocycles. The monoisotopic (exact) mass is 625 g/mol. The van der Waals surface area contributed by atoms with Crippen LogP contribution >= 0.6 is 0 Å². The van der Waals surface area contributed by atoms with E-state index in [1.165, 1.54) is 54.5 Å². The molecule has 5 heteroatoms. The third kappa shape index (κ3) is 3.59. The molecule has 0 unspecified atom stereocenters. The first-order chi connectivity index (χ1) is 24.3. The van der Waals surface area contributed by atoms with Crippen LogP contribution in [0.15, 0.2) is 164 Å². The molecule has 0 saturated heterocycles. The van der Waals surface area contributed by atoms with Crippen LogP contribution in [0.4, 0.5) is 17.1 Å². The topological polar surface area (TPSA) is 38.9 Å². The first-order valence-electron chi connectivity index (χ1n) is 16.6. The van der Waals surface area contributed by atoms with Gasteiger partial charge in [0.2, 0.25) is 0 Å². The summed E-state index contributed by atoms with van der Waals surface area (Å²) in [6.07, 6.45) is 5.81. The molecule has 0 spiro atoms. The van der Waals surface area contributed by atoms with Gasteiger partial charge in [0.05, 0.1) is 57.2 Å². The number of rotatable bonds is 3. The van der Waals surface area contributed by atoms with Gasteiger partial charge in [-0.15, -0.1) is 0 Å². The Morgan fingerprint density at radius 1 is 0.429 bits per heavy atom. The molecule has 0 atom stereocenters. The van der Waals surface area contributed by atoms with E-state index >= 15 is 0 Å². The number of benzene rings is 6. The Hall–Kier alpha value is -6.72. The van der Waals surface area contributed by atoms with Crippen molar-refractivity contribution < 1.29 is 0 Å². The zero-order valence-corrected chi connectivity index (χ0v) is 26.3. The smallest absolute Gasteiger partial charge is 0.137 e. The summed E-state index contributed by atoms with van der Waals surface area (Å²) in [6.45, 7) is 0. The number of aromatic nitrogens is 4. The minimum absolute atomic E-state index is 0.877. The predicted molar refractivity (Wildman–Crippen MR) is 202 cm³/mol. The molecule has 0 saturated carbocycles. The fourth-order valence-corrected chi connectivity index (χ4v) is 8.19. The van der Waals surface area contributed by atoms with Gasteiger partial charge >= 0.3 is 0 Å². The fraction of sp³-hybridized carbons (Fsp3) is 0. The molecule has 6 aromatic carbocycles. The molecule has 0 amide bonds. The van der Waals surface area contributed by atoms with Gasteiger partial charge in [-0.2, -0.15) is 0 Å². The normalized spacial score (nSPS) is 12.4. The third-order valence-electron chi connectivity index (χ3n) is 10.2. The number of pyridine rings is 2. The molecule has 0 radical (unpaired) electrons. The Kier molecular flexibility index (Phi) is 5.32. The van der Waals surface area contributed by atoms with Crippen LogP contribution in [0.3, 0.4) is 0 Å². The highest BCUT2D eigenvalue weighted by molar-refractivity contribution is 6.24. The maximum absolute atomic E-state index is 5.17. The van der Waals surface area contributed by atoms with E-state index in [4.69, 9.17) is 4.98 Å². The van der Waals surface area contributed by atoms with E-state index in [9.17, 15) is 0 Å². The summed E-state index contributed by atoms with van der Waals surface area (Å²) in [5.41, 5.74) is 11.4. The van der Waals surface area contributed by atoms with Crippen LogP contribution in [-0.2, 0) is 0 Å². The minimum atomic E-state index is 0.877. The van der Waals surface area contributed by atoms with Gasteiger partial charge in [0.25, 0.3) is 0 Å². The Balaban J connectivity index is 1.18. The quantitative estimate of drug-likeness (QED) is 0.196. The lowest BCUT2D eigenvalue weighted by Crippen LogP contribution is -2.15. The molecule has 0 bridgehead atoms. The van der Waals surface area contributed by atoms with Gasteiger partial charge in [-0.3, -0.25) is 9.55 Å². The molecule has 5 nitrogen and oxygen atoms in total. The average Bonchev–Trinajstić information content (AvgIpc) is 3.69. The summed E-state index contributed by atoms with van der Waals surface area (Å²) >= 11 is 0. The van der Waals surface area contributed by atoms with Gasteiger partial charge in [0, 0.05) is 38.7 Å². The van der Waals surface area contributed by atoms with Crippen molar-refractivity contribution in [3.8, 4) is 22.6 Å². The highest BCUT2D eigenvalue weighted by atomic mass is 15.2. The Morgan fingerprint density at radius 3 is 1.86 bits per heavy atom. The Bertz CT molecular complexity index is 2880. The van der Waals surface area contributed by atoms with Gasteiger partial charge in [0.1, 0.15) is 5.82 Å². The SMILES string of the molecule is c1cncc(N2c3cccc4cccc(c34)-c3ccc4c(c32)c2ccccc2n4-c2ccc(-n3c4ccccc4c4ccccc43)cn2)c1. The summed E-state index contributed by atoms with van der Waals surface area (Å²) in [6, 6.07) is 52.2. The van der Waals surface area contributed by atoms with Gasteiger partial charge in [-0.1, -0.05) is 91.0 Å². The van der Waals surface area contributed by atoms with Crippen molar-refractivity contribution in [2.75, 3.05) is 4.90 Å². The molecule has 1 aliphatic rings. The van der Waals surface area contributed by atoms with Crippen molar-refractivity contribution >= 4 is 71.4 Å². The van der Waals surface area contributed by atoms with Crippen molar-refractivity contribution in [1.29, 1.82) is 0 Å². The first-order valence-corrected chi connectivity index (χ1v) is 16.6. The number of hydrogen-bond donors (Lipinski definition) is 0. The molecule has 10 aromatic rings. The largest absolute Gasteiger partial charge is 0.308 e. The predicted octanol–water partition coefficient (Wildman–Crippen LogP) is 11.3. The summed E-state index contributed by atoms with van der Waals surface area (Å²) < 4.78 is 4.62. The van der Waals surface area contributed by atoms with Crippen molar-refractivity contribution in [2.24, 2.45) is 0 Å². The van der Waals surface area contributed by atoms with E-state index in [2.05, 4.69) is 159 Å². The lowest BCUT2D eigenvalue weighted by Gasteiger charge is -2.34. The molecule has 11 rings (SSSR count). The van der Waals surface area contributed by atoms with Crippen LogP contribution in [0.25, 0.3) is 77.0 Å². The van der Waals surface area contributed by atoms with Gasteiger partial charge in [-0.05, 0) is 65.5 Å². The zero-order valence-electron chi connectivity index (χ0n) is 26.3. The molecule has 0 N–H and O–H groups in total. The maximum Gasteiger partial charge on any atom is 0.137 e. The summed E-state index contributed by atoms with van der Waals surface area (Å²) in [4.78, 5) is 12.1. The van der Waals surface area contributed by atoms with Crippen molar-refractivity contribution in [1.82, 2.24) is 19.1 Å². The van der Waals surface area contributed by atoms with Crippen LogP contribution in [-0.4, -0.2) is 19.1 Å². The van der Waals surface area contributed by atoms with E-state index in [0.717, 1.165) is 39.6 Å². The number of fused-ring (bicyclic) bond motifs is 9. The summed E-state index contributed by atoms with van der Waals surface area (Å²) in [7, 11) is 0. The Morgan fingerprint density at radius 2 is 1.14 bits per heavy atom. The van der Waals surface area contributed by atoms with E-state index in [-0.39, 0.29) is 0 Å². The molecular formula is C44H27N5. The van der Waals surface area contributed by atoms with E-state index in [0.29, 0.717) is 0 Å². The average molecular weight is 626 g/mol. The van der Waals surface area contributed by atoms with Crippen LogP contribution in [0.1, 0.15) is 0 Å². The summed E-state index contributed by atoms with van der Waals surface area (Å²) in [5.74, 6) is 0.877. The number of hydrogen-bond acceptors (Lipinski definition) is 3. The van der Waals surface area contributed by atoms with Crippen molar-refractivity contribution in [2.45, 2.75) is 0 Å². The van der Waals surface area contributed by atoms with E-state index in [1.54, 1.807) is 0 Å². The number of para-hydroxylation sites is 3. The molecular weight excluding hydrogens is 599 g/mol. The fourth-order valence-electron chi connectivity index (χ4n) is 8.19. The van der Waals surface area contributed by atoms with Crippen LogP contribution in [0.5, 0.6) is 0 Å². The summed E-state index contributed by atoms with van der Waals surface area (Å²) in [5, 5.41) is 7.34. The first kappa shape index (κ1) is 26.4. The standard InChI is InChI=1S/C44H27N5/c1-4-17-36-31(13-1)32-14-2-5-18-37(32)47(36)30-21-24-41(46-27-30)49-38-19-6-3-15-35(38)43-40(49)23-22-34-33-16-7-10-28-11-8-20-39(42(28)33)48(44(34)43)29-12-9-25-45-26-29/h1-27H. The molecule has 228 valence electrons. The van der Waals surface area contributed by atoms with Crippen LogP contribution in [0.2, 0.25) is 0 Å². The second-order valence-electron chi connectivity index (χ2n) is 12.7. The van der Waals surface area contributed by atoms with Gasteiger partial charge in [-0.25, -0.2) is 4.98 Å². The second-order valence-corrected chi connectivity index (χ2v) is 12.7. The Labute approximate surface area is 281 Å². The lowest BCUT2D eigenvalue weighted by atomic mass is 9.89. The molecule has 4 aromatic heterocycles. The van der Waals surface area contributed by atoms with Gasteiger partial charge in [0.15, 0.2) is 0 Å².